The minimum Gasteiger partial charge on any atom is -0.396 e. The number of nitrogens with one attached hydrogen (secondary N) is 1. The van der Waals surface area contributed by atoms with Crippen LogP contribution in [-0.4, -0.2) is 15.7 Å². The summed E-state index contributed by atoms with van der Waals surface area (Å²) in [5, 5.41) is 6.75. The second-order valence-corrected chi connectivity index (χ2v) is 5.66. The molecule has 0 aliphatic rings. The first-order chi connectivity index (χ1) is 8.54. The summed E-state index contributed by atoms with van der Waals surface area (Å²) in [5.41, 5.74) is 6.82. The lowest BCUT2D eigenvalue weighted by molar-refractivity contribution is -0.116. The topological polar surface area (TPSA) is 72.9 Å². The molecule has 0 unspecified atom stereocenters. The molecule has 94 valence electrons. The van der Waals surface area contributed by atoms with Crippen LogP contribution in [0.4, 0.5) is 11.4 Å². The van der Waals surface area contributed by atoms with Gasteiger partial charge in [0.05, 0.1) is 11.9 Å². The predicted molar refractivity (Wildman–Crippen MR) is 82.1 cm³/mol. The van der Waals surface area contributed by atoms with Crippen molar-refractivity contribution in [3.8, 4) is 0 Å². The van der Waals surface area contributed by atoms with E-state index in [-0.39, 0.29) is 12.5 Å². The molecule has 1 aromatic heterocycles. The van der Waals surface area contributed by atoms with Gasteiger partial charge in [-0.15, -0.1) is 0 Å². The molecule has 1 amide bonds. The van der Waals surface area contributed by atoms with Gasteiger partial charge in [-0.3, -0.25) is 9.48 Å². The van der Waals surface area contributed by atoms with E-state index >= 15 is 0 Å². The quantitative estimate of drug-likeness (QED) is 0.749. The molecule has 0 aliphatic carbocycles. The Morgan fingerprint density at radius 2 is 2.33 bits per heavy atom. The third-order valence-electron chi connectivity index (χ3n) is 2.16. The van der Waals surface area contributed by atoms with E-state index in [9.17, 15) is 4.79 Å². The molecule has 0 fully saturated rings. The lowest BCUT2D eigenvalue weighted by Gasteiger charge is -2.06. The van der Waals surface area contributed by atoms with Gasteiger partial charge in [0.2, 0.25) is 5.91 Å². The second-order valence-electron chi connectivity index (χ2n) is 3.65. The molecular formula is C11H10BrIN4O. The van der Waals surface area contributed by atoms with Crippen molar-refractivity contribution in [2.45, 2.75) is 6.54 Å². The van der Waals surface area contributed by atoms with Gasteiger partial charge in [-0.2, -0.15) is 5.10 Å². The fourth-order valence-corrected chi connectivity index (χ4v) is 2.15. The molecule has 2 aromatic rings. The molecule has 0 saturated carbocycles. The number of carbonyl (C=O) groups is 1. The molecule has 0 bridgehead atoms. The van der Waals surface area contributed by atoms with E-state index in [0.29, 0.717) is 5.69 Å². The summed E-state index contributed by atoms with van der Waals surface area (Å²) in [4.78, 5) is 11.8. The van der Waals surface area contributed by atoms with Crippen LogP contribution in [0.5, 0.6) is 0 Å². The van der Waals surface area contributed by atoms with Crippen LogP contribution in [0.1, 0.15) is 0 Å². The maximum Gasteiger partial charge on any atom is 0.246 e. The number of carbonyl (C=O) groups excluding carboxylic acids is 1. The number of nitrogen functional groups attached to an aromatic ring is 1. The Balaban J connectivity index is 2.00. The summed E-state index contributed by atoms with van der Waals surface area (Å²) in [7, 11) is 0. The first-order valence-corrected chi connectivity index (χ1v) is 6.94. The second kappa shape index (κ2) is 5.70. The van der Waals surface area contributed by atoms with Crippen LogP contribution in [0, 0.1) is 3.57 Å². The first-order valence-electron chi connectivity index (χ1n) is 5.07. The highest BCUT2D eigenvalue weighted by atomic mass is 127. The fourth-order valence-electron chi connectivity index (χ4n) is 1.39. The molecule has 18 heavy (non-hydrogen) atoms. The number of nitrogens with zero attached hydrogens (tertiary/aromatic N) is 2. The van der Waals surface area contributed by atoms with Crippen LogP contribution in [0.15, 0.2) is 35.1 Å². The Bertz CT molecular complexity index is 584. The van der Waals surface area contributed by atoms with Gasteiger partial charge in [0.25, 0.3) is 0 Å². The molecule has 0 saturated heterocycles. The Hall–Kier alpha value is -1.09. The third kappa shape index (κ3) is 3.45. The molecule has 5 nitrogen and oxygen atoms in total. The number of nitrogens with two attached hydrogens (primary N) is 1. The lowest BCUT2D eigenvalue weighted by Crippen LogP contribution is -2.19. The number of rotatable bonds is 3. The van der Waals surface area contributed by atoms with Gasteiger partial charge in [0.1, 0.15) is 6.54 Å². The smallest absolute Gasteiger partial charge is 0.246 e. The molecule has 2 rings (SSSR count). The Morgan fingerprint density at radius 3 is 2.94 bits per heavy atom. The van der Waals surface area contributed by atoms with Gasteiger partial charge in [-0.05, 0) is 56.7 Å². The zero-order valence-corrected chi connectivity index (χ0v) is 13.0. The Kier molecular flexibility index (Phi) is 4.23. The van der Waals surface area contributed by atoms with E-state index in [1.807, 2.05) is 18.2 Å². The van der Waals surface area contributed by atoms with Gasteiger partial charge in [-0.1, -0.05) is 0 Å². The van der Waals surface area contributed by atoms with E-state index in [1.54, 1.807) is 6.20 Å². The molecule has 0 spiro atoms. The van der Waals surface area contributed by atoms with E-state index in [0.717, 1.165) is 13.7 Å². The van der Waals surface area contributed by atoms with E-state index in [1.165, 1.54) is 10.9 Å². The summed E-state index contributed by atoms with van der Waals surface area (Å²) in [5.74, 6) is -0.142. The number of aromatic nitrogens is 2. The van der Waals surface area contributed by atoms with Gasteiger partial charge in [0, 0.05) is 19.9 Å². The molecule has 1 aromatic carbocycles. The van der Waals surface area contributed by atoms with Gasteiger partial charge < -0.3 is 11.1 Å². The number of amides is 1. The third-order valence-corrected chi connectivity index (χ3v) is 4.49. The van der Waals surface area contributed by atoms with E-state index in [4.69, 9.17) is 5.73 Å². The number of anilines is 2. The molecule has 0 aliphatic heterocycles. The molecular weight excluding hydrogens is 411 g/mol. The van der Waals surface area contributed by atoms with Crippen molar-refractivity contribution < 1.29 is 4.79 Å². The summed E-state index contributed by atoms with van der Waals surface area (Å²) < 4.78 is 3.53. The van der Waals surface area contributed by atoms with Crippen molar-refractivity contribution in [2.75, 3.05) is 11.1 Å². The van der Waals surface area contributed by atoms with Crippen molar-refractivity contribution in [1.82, 2.24) is 9.78 Å². The van der Waals surface area contributed by atoms with Crippen molar-refractivity contribution >= 4 is 55.8 Å². The van der Waals surface area contributed by atoms with Crippen molar-refractivity contribution in [2.24, 2.45) is 0 Å². The number of hydrogen-bond acceptors (Lipinski definition) is 3. The summed E-state index contributed by atoms with van der Waals surface area (Å²) >= 11 is 5.60. The summed E-state index contributed by atoms with van der Waals surface area (Å²) in [6.07, 6.45) is 3.13. The number of hydrogen-bond donors (Lipinski definition) is 2. The molecule has 7 heteroatoms. The minimum atomic E-state index is -0.142. The maximum absolute atomic E-state index is 11.8. The minimum absolute atomic E-state index is 0.142. The van der Waals surface area contributed by atoms with Gasteiger partial charge >= 0.3 is 0 Å². The van der Waals surface area contributed by atoms with Crippen LogP contribution < -0.4 is 11.1 Å². The Morgan fingerprint density at radius 1 is 1.56 bits per heavy atom. The highest BCUT2D eigenvalue weighted by Crippen LogP contribution is 2.22. The Labute approximate surface area is 126 Å². The van der Waals surface area contributed by atoms with Crippen LogP contribution in [0.3, 0.4) is 0 Å². The monoisotopic (exact) mass is 420 g/mol. The normalized spacial score (nSPS) is 10.3. The summed E-state index contributed by atoms with van der Waals surface area (Å²) in [6.45, 7) is 0.143. The lowest BCUT2D eigenvalue weighted by atomic mass is 10.3. The van der Waals surface area contributed by atoms with E-state index < -0.39 is 0 Å². The maximum atomic E-state index is 11.8. The zero-order valence-electron chi connectivity index (χ0n) is 9.23. The molecule has 3 N–H and O–H groups in total. The standard InChI is InChI=1S/C11H10BrIN4O/c12-9-2-1-8(3-10(9)13)16-11(18)6-17-5-7(14)4-15-17/h1-5H,6,14H2,(H,16,18). The highest BCUT2D eigenvalue weighted by Gasteiger charge is 2.06. The van der Waals surface area contributed by atoms with Crippen LogP contribution in [0.25, 0.3) is 0 Å². The van der Waals surface area contributed by atoms with Crippen molar-refractivity contribution in [1.29, 1.82) is 0 Å². The van der Waals surface area contributed by atoms with Crippen LogP contribution in [-0.2, 0) is 11.3 Å². The summed E-state index contributed by atoms with van der Waals surface area (Å²) in [6, 6.07) is 5.62. The average Bonchev–Trinajstić information content (AvgIpc) is 2.69. The van der Waals surface area contributed by atoms with Crippen LogP contribution in [0.2, 0.25) is 0 Å². The predicted octanol–water partition coefficient (Wildman–Crippen LogP) is 2.47. The van der Waals surface area contributed by atoms with Crippen molar-refractivity contribution in [3.63, 3.8) is 0 Å². The number of halogens is 2. The molecule has 0 radical (unpaired) electrons. The fraction of sp³-hybridized carbons (Fsp3) is 0.0909. The highest BCUT2D eigenvalue weighted by molar-refractivity contribution is 14.1. The average molecular weight is 421 g/mol. The number of benzene rings is 1. The van der Waals surface area contributed by atoms with Crippen LogP contribution >= 0.6 is 38.5 Å². The zero-order chi connectivity index (χ0) is 13.1. The van der Waals surface area contributed by atoms with Gasteiger partial charge in [-0.25, -0.2) is 0 Å². The van der Waals surface area contributed by atoms with Crippen molar-refractivity contribution in [3.05, 3.63) is 38.6 Å². The first kappa shape index (κ1) is 13.3. The molecule has 1 heterocycles. The van der Waals surface area contributed by atoms with Gasteiger partial charge in [0.15, 0.2) is 0 Å². The SMILES string of the molecule is Nc1cnn(CC(=O)Nc2ccc(Br)c(I)c2)c1. The molecule has 0 atom stereocenters. The van der Waals surface area contributed by atoms with E-state index in [2.05, 4.69) is 48.9 Å². The largest absolute Gasteiger partial charge is 0.396 e.